The van der Waals surface area contributed by atoms with Gasteiger partial charge in [0.2, 0.25) is 5.91 Å². The van der Waals surface area contributed by atoms with Crippen molar-refractivity contribution in [2.24, 2.45) is 4.99 Å². The summed E-state index contributed by atoms with van der Waals surface area (Å²) in [5.41, 5.74) is 4.36. The van der Waals surface area contributed by atoms with Crippen molar-refractivity contribution in [2.75, 3.05) is 5.32 Å². The normalized spacial score (nSPS) is 15.2. The van der Waals surface area contributed by atoms with Gasteiger partial charge in [-0.15, -0.1) is 11.3 Å². The van der Waals surface area contributed by atoms with Gasteiger partial charge in [0.1, 0.15) is 0 Å². The van der Waals surface area contributed by atoms with Gasteiger partial charge in [-0.25, -0.2) is 0 Å². The fourth-order valence-corrected chi connectivity index (χ4v) is 5.07. The molecule has 4 rings (SSSR count). The van der Waals surface area contributed by atoms with Gasteiger partial charge in [-0.3, -0.25) is 9.79 Å². The van der Waals surface area contributed by atoms with Crippen LogP contribution in [0.4, 0.5) is 5.69 Å². The molecule has 1 aliphatic carbocycles. The van der Waals surface area contributed by atoms with Crippen LogP contribution >= 0.6 is 11.3 Å². The first kappa shape index (κ1) is 21.6. The third kappa shape index (κ3) is 5.95. The molecule has 0 radical (unpaired) electrons. The first-order valence-corrected chi connectivity index (χ1v) is 12.2. The average Bonchev–Trinajstić information content (AvgIpc) is 3.16. The van der Waals surface area contributed by atoms with E-state index in [9.17, 15) is 4.79 Å². The smallest absolute Gasteiger partial charge is 0.230 e. The summed E-state index contributed by atoms with van der Waals surface area (Å²) in [7, 11) is 0. The topological polar surface area (TPSA) is 46.4 Å². The van der Waals surface area contributed by atoms with Gasteiger partial charge in [-0.2, -0.15) is 0 Å². The largest absolute Gasteiger partial charge is 0.326 e. The number of hydrogen-bond acceptors (Lipinski definition) is 3. The summed E-state index contributed by atoms with van der Waals surface area (Å²) in [6, 6.07) is 18.9. The summed E-state index contributed by atoms with van der Waals surface area (Å²) in [6.45, 7) is 2.87. The van der Waals surface area contributed by atoms with Crippen molar-refractivity contribution in [3.05, 3.63) is 81.6 Å². The van der Waals surface area contributed by atoms with E-state index in [-0.39, 0.29) is 5.91 Å². The van der Waals surface area contributed by atoms with Gasteiger partial charge in [-0.1, -0.05) is 68.7 Å². The lowest BCUT2D eigenvalue weighted by Gasteiger charge is -2.17. The predicted molar refractivity (Wildman–Crippen MR) is 128 cm³/mol. The van der Waals surface area contributed by atoms with Crippen LogP contribution in [0.1, 0.15) is 55.8 Å². The third-order valence-corrected chi connectivity index (χ3v) is 6.84. The van der Waals surface area contributed by atoms with Crippen molar-refractivity contribution in [1.82, 2.24) is 4.57 Å². The second-order valence-electron chi connectivity index (χ2n) is 8.28. The number of nitrogens with zero attached hydrogens (tertiary/aromatic N) is 2. The predicted octanol–water partition coefficient (Wildman–Crippen LogP) is 5.57. The Balaban J connectivity index is 1.55. The van der Waals surface area contributed by atoms with E-state index < -0.39 is 0 Å². The fraction of sp³-hybridized carbons (Fsp3) is 0.385. The van der Waals surface area contributed by atoms with E-state index >= 15 is 0 Å². The molecule has 0 atom stereocenters. The Bertz CT molecular complexity index is 1040. The number of hydrogen-bond donors (Lipinski definition) is 1. The van der Waals surface area contributed by atoms with E-state index in [1.54, 1.807) is 11.3 Å². The van der Waals surface area contributed by atoms with E-state index in [0.717, 1.165) is 29.1 Å². The van der Waals surface area contributed by atoms with Crippen molar-refractivity contribution in [1.29, 1.82) is 0 Å². The van der Waals surface area contributed by atoms with Crippen LogP contribution in [-0.2, 0) is 24.2 Å². The molecule has 1 saturated carbocycles. The van der Waals surface area contributed by atoms with Crippen LogP contribution in [0.15, 0.2) is 65.0 Å². The zero-order valence-corrected chi connectivity index (χ0v) is 19.0. The molecule has 3 aromatic rings. The Labute approximate surface area is 188 Å². The van der Waals surface area contributed by atoms with Gasteiger partial charge in [0.15, 0.2) is 4.80 Å². The molecule has 0 aliphatic heterocycles. The number of carbonyl (C=O) groups excluding carboxylic acids is 1. The number of nitrogens with one attached hydrogen (secondary N) is 1. The molecule has 31 heavy (non-hydrogen) atoms. The number of carbonyl (C=O) groups is 1. The molecule has 1 fully saturated rings. The van der Waals surface area contributed by atoms with Gasteiger partial charge < -0.3 is 9.88 Å². The minimum atomic E-state index is 0.00748. The van der Waals surface area contributed by atoms with Crippen molar-refractivity contribution < 1.29 is 4.79 Å². The van der Waals surface area contributed by atoms with Crippen molar-refractivity contribution in [3.8, 4) is 0 Å². The molecule has 2 aromatic carbocycles. The Hall–Kier alpha value is -2.66. The van der Waals surface area contributed by atoms with Gasteiger partial charge in [0.05, 0.1) is 19.0 Å². The molecule has 4 nitrogen and oxygen atoms in total. The van der Waals surface area contributed by atoms with Gasteiger partial charge in [0, 0.05) is 16.8 Å². The monoisotopic (exact) mass is 433 g/mol. The molecule has 0 unspecified atom stereocenters. The molecule has 1 aromatic heterocycles. The first-order valence-electron chi connectivity index (χ1n) is 11.3. The second-order valence-corrected chi connectivity index (χ2v) is 9.11. The van der Waals surface area contributed by atoms with E-state index in [1.807, 2.05) is 18.2 Å². The third-order valence-electron chi connectivity index (χ3n) is 5.92. The molecule has 0 saturated heterocycles. The van der Waals surface area contributed by atoms with Crippen LogP contribution < -0.4 is 10.1 Å². The minimum Gasteiger partial charge on any atom is -0.326 e. The second kappa shape index (κ2) is 10.6. The average molecular weight is 434 g/mol. The summed E-state index contributed by atoms with van der Waals surface area (Å²) >= 11 is 1.66. The fourth-order valence-electron chi connectivity index (χ4n) is 4.10. The summed E-state index contributed by atoms with van der Waals surface area (Å²) < 4.78 is 2.23. The lowest BCUT2D eigenvalue weighted by Crippen LogP contribution is -2.24. The van der Waals surface area contributed by atoms with E-state index in [4.69, 9.17) is 4.99 Å². The number of amides is 1. The summed E-state index contributed by atoms with van der Waals surface area (Å²) in [6.07, 6.45) is 7.55. The Morgan fingerprint density at radius 3 is 2.48 bits per heavy atom. The lowest BCUT2D eigenvalue weighted by atomic mass is 9.96. The number of thiazole rings is 1. The van der Waals surface area contributed by atoms with Crippen LogP contribution in [0.2, 0.25) is 0 Å². The van der Waals surface area contributed by atoms with Gasteiger partial charge in [0.25, 0.3) is 0 Å². The Morgan fingerprint density at radius 1 is 1.03 bits per heavy atom. The van der Waals surface area contributed by atoms with Crippen LogP contribution in [0, 0.1) is 0 Å². The van der Waals surface area contributed by atoms with Gasteiger partial charge >= 0.3 is 0 Å². The molecule has 0 bridgehead atoms. The van der Waals surface area contributed by atoms with Crippen LogP contribution in [0.25, 0.3) is 0 Å². The standard InChI is InChI=1S/C26H31N3OS/c1-2-20-13-15-23(16-14-20)27-25(30)17-24-19-31-26(28-22-11-7-4-8-12-22)29(24)18-21-9-5-3-6-10-21/h3,5-6,9-10,13-16,19,22H,2,4,7-8,11-12,17-18H2,1H3,(H,27,30). The summed E-state index contributed by atoms with van der Waals surface area (Å²) in [4.78, 5) is 18.9. The van der Waals surface area contributed by atoms with Crippen molar-refractivity contribution in [2.45, 2.75) is 64.5 Å². The molecular formula is C26H31N3OS. The maximum absolute atomic E-state index is 12.8. The first-order chi connectivity index (χ1) is 15.2. The summed E-state index contributed by atoms with van der Waals surface area (Å²) in [5, 5.41) is 5.15. The number of benzene rings is 2. The molecular weight excluding hydrogens is 402 g/mol. The number of aromatic nitrogens is 1. The highest BCUT2D eigenvalue weighted by molar-refractivity contribution is 7.07. The summed E-state index contributed by atoms with van der Waals surface area (Å²) in [5.74, 6) is 0.00748. The van der Waals surface area contributed by atoms with E-state index in [0.29, 0.717) is 12.5 Å². The molecule has 1 amide bonds. The zero-order valence-electron chi connectivity index (χ0n) is 18.2. The molecule has 0 spiro atoms. The minimum absolute atomic E-state index is 0.00748. The van der Waals surface area contributed by atoms with E-state index in [1.165, 1.54) is 43.2 Å². The van der Waals surface area contributed by atoms with Crippen molar-refractivity contribution >= 4 is 22.9 Å². The Kier molecular flexibility index (Phi) is 7.36. The molecule has 1 N–H and O–H groups in total. The highest BCUT2D eigenvalue weighted by Gasteiger charge is 2.15. The molecule has 162 valence electrons. The highest BCUT2D eigenvalue weighted by Crippen LogP contribution is 2.20. The quantitative estimate of drug-likeness (QED) is 0.520. The van der Waals surface area contributed by atoms with Crippen LogP contribution in [0.5, 0.6) is 0 Å². The van der Waals surface area contributed by atoms with E-state index in [2.05, 4.69) is 58.6 Å². The number of aryl methyl sites for hydroxylation is 1. The molecule has 5 heteroatoms. The van der Waals surface area contributed by atoms with Crippen LogP contribution in [-0.4, -0.2) is 16.5 Å². The molecule has 1 heterocycles. The zero-order chi connectivity index (χ0) is 21.5. The Morgan fingerprint density at radius 2 is 1.77 bits per heavy atom. The number of rotatable bonds is 7. The SMILES string of the molecule is CCc1ccc(NC(=O)Cc2csc(=NC3CCCCC3)n2Cc2ccccc2)cc1. The van der Waals surface area contributed by atoms with Crippen molar-refractivity contribution in [3.63, 3.8) is 0 Å². The number of anilines is 1. The highest BCUT2D eigenvalue weighted by atomic mass is 32.1. The van der Waals surface area contributed by atoms with Crippen LogP contribution in [0.3, 0.4) is 0 Å². The lowest BCUT2D eigenvalue weighted by molar-refractivity contribution is -0.115. The van der Waals surface area contributed by atoms with Gasteiger partial charge in [-0.05, 0) is 42.5 Å². The maximum atomic E-state index is 12.8. The molecule has 1 aliphatic rings. The maximum Gasteiger partial charge on any atom is 0.230 e.